The van der Waals surface area contributed by atoms with Crippen LogP contribution < -0.4 is 25.4 Å². The number of ether oxygens (including phenoxy) is 6. The molecular weight excluding hydrogens is 1570 g/mol. The topological polar surface area (TPSA) is 367 Å². The van der Waals surface area contributed by atoms with E-state index >= 15 is 0 Å². The van der Waals surface area contributed by atoms with Crippen LogP contribution in [-0.2, 0) is 63.3 Å². The van der Waals surface area contributed by atoms with Gasteiger partial charge in [-0.25, -0.2) is 39.4 Å². The van der Waals surface area contributed by atoms with E-state index < -0.39 is 77.8 Å². The number of carbonyl (C=O) groups excluding carboxylic acids is 4. The van der Waals surface area contributed by atoms with Crippen molar-refractivity contribution in [1.82, 2.24) is 53.9 Å². The minimum atomic E-state index is -4.68. The van der Waals surface area contributed by atoms with E-state index in [2.05, 4.69) is 90.8 Å². The largest absolute Gasteiger partial charge is 0.573 e. The first-order valence-corrected chi connectivity index (χ1v) is 42.7. The number of aromatic nitrogens is 8. The highest BCUT2D eigenvalue weighted by atomic mass is 31.2. The van der Waals surface area contributed by atoms with E-state index in [1.54, 1.807) is 54.7 Å². The Labute approximate surface area is 698 Å². The molecule has 4 aromatic heterocycles. The number of methoxy groups -OCH3 is 2. The average molecular weight is 1670 g/mol. The molecule has 31 nitrogen and oxygen atoms in total. The van der Waals surface area contributed by atoms with E-state index in [9.17, 15) is 34.6 Å². The molecule has 628 valence electrons. The van der Waals surface area contributed by atoms with Crippen LogP contribution in [0.15, 0.2) is 177 Å². The molecule has 2 fully saturated rings. The van der Waals surface area contributed by atoms with Gasteiger partial charge in [-0.2, -0.15) is 24.5 Å². The Kier molecular flexibility index (Phi) is 29.3. The number of nitrogens with one attached hydrogen (secondary N) is 3. The van der Waals surface area contributed by atoms with Crippen LogP contribution in [0.4, 0.5) is 16.4 Å². The van der Waals surface area contributed by atoms with E-state index in [4.69, 9.17) is 61.0 Å². The predicted molar refractivity (Wildman–Crippen MR) is 448 cm³/mol. The molecule has 33 heteroatoms. The molecule has 2 saturated heterocycles. The number of rotatable bonds is 40. The summed E-state index contributed by atoms with van der Waals surface area (Å²) in [4.78, 5) is 96.1. The third kappa shape index (κ3) is 20.6. The molecule has 10 aromatic rings. The van der Waals surface area contributed by atoms with Gasteiger partial charge in [-0.15, -0.1) is 4.52 Å². The van der Waals surface area contributed by atoms with Crippen molar-refractivity contribution < 1.29 is 75.1 Å². The maximum atomic E-state index is 14.0. The van der Waals surface area contributed by atoms with Gasteiger partial charge in [0.15, 0.2) is 34.0 Å². The van der Waals surface area contributed by atoms with Gasteiger partial charge in [0.2, 0.25) is 11.8 Å². The number of anilines is 2. The van der Waals surface area contributed by atoms with Crippen molar-refractivity contribution in [3.8, 4) is 34.8 Å². The molecule has 120 heavy (non-hydrogen) atoms. The lowest BCUT2D eigenvalue weighted by atomic mass is 9.80. The quantitative estimate of drug-likeness (QED) is 0.0157. The minimum absolute atomic E-state index is 0.0249. The lowest BCUT2D eigenvalue weighted by Gasteiger charge is -2.37. The molecule has 8 atom stereocenters. The molecule has 13 rings (SSSR count). The molecule has 1 aliphatic carbocycles. The molecule has 2 unspecified atom stereocenters. The Balaban J connectivity index is 0.771. The Morgan fingerprint density at radius 2 is 1.18 bits per heavy atom. The number of nitrogens with zero attached hydrogens (tertiary/aromatic N) is 12. The molecule has 4 amide bonds. The van der Waals surface area contributed by atoms with Crippen LogP contribution in [-0.4, -0.2) is 175 Å². The van der Waals surface area contributed by atoms with Crippen LogP contribution in [0, 0.1) is 28.6 Å². The lowest BCUT2D eigenvalue weighted by Crippen LogP contribution is -2.39. The molecule has 0 radical (unpaired) electrons. The fourth-order valence-corrected chi connectivity index (χ4v) is 18.2. The molecule has 6 heterocycles. The smallest absolute Gasteiger partial charge is 0.497 e. The van der Waals surface area contributed by atoms with Gasteiger partial charge in [0, 0.05) is 69.4 Å². The monoisotopic (exact) mass is 1670 g/mol. The summed E-state index contributed by atoms with van der Waals surface area (Å²) < 4.78 is 77.7. The van der Waals surface area contributed by atoms with E-state index in [-0.39, 0.29) is 123 Å². The van der Waals surface area contributed by atoms with Gasteiger partial charge in [0.1, 0.15) is 80.3 Å². The zero-order valence-electron chi connectivity index (χ0n) is 68.5. The van der Waals surface area contributed by atoms with Crippen LogP contribution in [0.2, 0.25) is 0 Å². The van der Waals surface area contributed by atoms with Crippen molar-refractivity contribution >= 4 is 74.5 Å². The van der Waals surface area contributed by atoms with Gasteiger partial charge in [0.25, 0.3) is 14.4 Å². The first-order valence-electron chi connectivity index (χ1n) is 40.1. The summed E-state index contributed by atoms with van der Waals surface area (Å²) in [5.74, 6) is 0.821. The van der Waals surface area contributed by atoms with Crippen LogP contribution >= 0.6 is 16.7 Å². The lowest BCUT2D eigenvalue weighted by molar-refractivity contribution is -0.121. The highest BCUT2D eigenvalue weighted by Crippen LogP contribution is 2.62. The summed E-state index contributed by atoms with van der Waals surface area (Å²) in [6, 6.07) is 51.9. The summed E-state index contributed by atoms with van der Waals surface area (Å²) in [6.45, 7) is 11.9. The Morgan fingerprint density at radius 1 is 0.633 bits per heavy atom. The van der Waals surface area contributed by atoms with Crippen molar-refractivity contribution in [2.24, 2.45) is 5.92 Å². The number of imidazole rings is 2. The highest BCUT2D eigenvalue weighted by molar-refractivity contribution is 7.55. The second kappa shape index (κ2) is 40.5. The minimum Gasteiger partial charge on any atom is -0.497 e. The molecule has 0 saturated carbocycles. The number of nitriles is 2. The van der Waals surface area contributed by atoms with Crippen molar-refractivity contribution in [2.45, 2.75) is 160 Å². The van der Waals surface area contributed by atoms with Crippen molar-refractivity contribution in [2.75, 3.05) is 71.5 Å². The first kappa shape index (κ1) is 87.0. The van der Waals surface area contributed by atoms with E-state index in [0.717, 1.165) is 39.8 Å². The zero-order valence-corrected chi connectivity index (χ0v) is 70.2. The van der Waals surface area contributed by atoms with E-state index in [0.29, 0.717) is 59.1 Å². The number of hydrogen-bond donors (Lipinski definition) is 4. The molecule has 0 bridgehead atoms. The van der Waals surface area contributed by atoms with Gasteiger partial charge >= 0.3 is 14.3 Å². The summed E-state index contributed by atoms with van der Waals surface area (Å²) in [7, 11) is -1.80. The molecule has 0 spiro atoms. The van der Waals surface area contributed by atoms with Crippen LogP contribution in [0.25, 0.3) is 33.5 Å². The van der Waals surface area contributed by atoms with Crippen LogP contribution in [0.3, 0.4) is 0 Å². The predicted octanol–water partition coefficient (Wildman–Crippen LogP) is 14.8. The first-order chi connectivity index (χ1) is 58.2. The number of benzene rings is 6. The molecule has 6 aromatic carbocycles. The Morgan fingerprint density at radius 3 is 1.76 bits per heavy atom. The number of carbonyl (C=O) groups is 4. The van der Waals surface area contributed by atoms with Crippen molar-refractivity contribution in [1.29, 1.82) is 10.5 Å². The maximum Gasteiger partial charge on any atom is 0.573 e. The second-order valence-corrected chi connectivity index (χ2v) is 33.3. The van der Waals surface area contributed by atoms with E-state index in [1.807, 2.05) is 131 Å². The van der Waals surface area contributed by atoms with Gasteiger partial charge in [0.05, 0.1) is 71.2 Å². The van der Waals surface area contributed by atoms with E-state index in [1.165, 1.54) is 30.2 Å². The van der Waals surface area contributed by atoms with Crippen molar-refractivity contribution in [3.05, 3.63) is 216 Å². The normalized spacial score (nSPS) is 17.8. The fourth-order valence-electron chi connectivity index (χ4n) is 15.0. The standard InChI is InChI=1S/C87H99N15O16P2/c1-56(2)27-40-75(103)90-48-59-28-30-60(31-29-59)85(105)98-82-80-84(94-53-92-82)101(55-96-80)78-47-72(73(115-78)50-111-87(61-20-11-10-12-21-61,62-32-36-64(108-8)37-33-62)63-34-38-65(109-9)39-35-63)118-120(107,113-45-19-42-89)114-51-74-71(117-119(112-44-18-41-88)102(57(3)4)58(5)6)46-77(116-74)100-54-95-79-81(91-52-93-83(79)100)97-76(104)26-17-43-99(7)86(106)110-49-70-68-24-15-13-22-66(68)67-23-14-16-25-69(67)70/h10-16,20-25,28-39,52-58,70-74,77-78,107H,17-19,26-27,40,43-51H2,1-9H3,(H2-,90,91,92,93,94,97,98,103,104,105)/p+1/t71-,72-,73-,74-,77-,78-,119?,120?/m1/s1. The van der Waals surface area contributed by atoms with Gasteiger partial charge in [-0.1, -0.05) is 129 Å². The number of fused-ring (bicyclic) bond motifs is 5. The maximum absolute atomic E-state index is 14.0. The van der Waals surface area contributed by atoms with Crippen LogP contribution in [0.1, 0.15) is 155 Å². The van der Waals surface area contributed by atoms with Crippen molar-refractivity contribution in [3.63, 3.8) is 0 Å². The molecule has 3 aliphatic rings. The van der Waals surface area contributed by atoms with Crippen LogP contribution in [0.5, 0.6) is 11.5 Å². The summed E-state index contributed by atoms with van der Waals surface area (Å²) in [5.41, 5.74) is 7.39. The third-order valence-electron chi connectivity index (χ3n) is 21.1. The Hall–Kier alpha value is -10.9. The molecule has 2 aliphatic heterocycles. The Bertz CT molecular complexity index is 5130. The number of amides is 4. The second-order valence-electron chi connectivity index (χ2n) is 30.2. The average Bonchev–Trinajstić information content (AvgIpc) is 0.774. The summed E-state index contributed by atoms with van der Waals surface area (Å²) in [6.07, 6.45) is 0.515. The highest BCUT2D eigenvalue weighted by Gasteiger charge is 2.55. The van der Waals surface area contributed by atoms with Gasteiger partial charge < -0.3 is 58.3 Å². The van der Waals surface area contributed by atoms with Gasteiger partial charge in [-0.3, -0.25) is 23.5 Å². The summed E-state index contributed by atoms with van der Waals surface area (Å²) >= 11 is 0. The molecule has 4 N–H and O–H groups in total. The third-order valence-corrected chi connectivity index (χ3v) is 24.7. The molecular formula is C87H100N15O16P2+. The zero-order chi connectivity index (χ0) is 84.5. The summed E-state index contributed by atoms with van der Waals surface area (Å²) in [5, 5.41) is 28.5. The van der Waals surface area contributed by atoms with Gasteiger partial charge in [-0.05, 0) is 127 Å². The fraction of sp³-hybridized carbons (Fsp3) is 0.402. The SMILES string of the molecule is COc1ccc(C(OC[C@H]2O[C@@H](n3cnc4c(NC(=O)c5ccc(CNC(=O)CCC(C)C)cc5)ncnc43)C[C@H]2O[P+](O)(OCCC#N)OC[C@H]2O[C@@H](n3cnc4c(NC(=O)CCCN(C)C(=O)OCC5c6ccccc6-c6ccccc65)ncnc43)C[C@H]2OP(OCCC#N)N(C(C)C)C(C)C)(c2ccccc2)c2ccc(OC)cc2)cc1. The number of hydrogen-bond acceptors (Lipinski definition) is 25.